The molecule has 0 amide bonds. The Labute approximate surface area is 134 Å². The van der Waals surface area contributed by atoms with Gasteiger partial charge in [0.2, 0.25) is 0 Å². The van der Waals surface area contributed by atoms with Crippen LogP contribution in [-0.2, 0) is 4.74 Å². The average molecular weight is 402 g/mol. The third kappa shape index (κ3) is 3.73. The molecule has 0 fully saturated rings. The van der Waals surface area contributed by atoms with Gasteiger partial charge in [-0.05, 0) is 31.2 Å². The fourth-order valence-corrected chi connectivity index (χ4v) is 2.93. The van der Waals surface area contributed by atoms with Crippen molar-refractivity contribution in [1.29, 1.82) is 0 Å². The molecule has 1 unspecified atom stereocenters. The SMILES string of the molecule is CO/C1=C\C(=O)c2cc(Br)ccc2OC(C)C=C(Br)C1. The van der Waals surface area contributed by atoms with E-state index in [-0.39, 0.29) is 11.9 Å². The van der Waals surface area contributed by atoms with Crippen LogP contribution < -0.4 is 4.74 Å². The van der Waals surface area contributed by atoms with Crippen molar-refractivity contribution < 1.29 is 14.3 Å². The second-order valence-corrected chi connectivity index (χ2v) is 6.37. The Morgan fingerprint density at radius 1 is 1.35 bits per heavy atom. The monoisotopic (exact) mass is 400 g/mol. The zero-order valence-electron chi connectivity index (χ0n) is 11.2. The summed E-state index contributed by atoms with van der Waals surface area (Å²) in [4.78, 5) is 12.4. The Morgan fingerprint density at radius 3 is 2.80 bits per heavy atom. The van der Waals surface area contributed by atoms with Gasteiger partial charge >= 0.3 is 0 Å². The first-order valence-corrected chi connectivity index (χ1v) is 7.69. The number of ketones is 1. The van der Waals surface area contributed by atoms with E-state index in [1.165, 1.54) is 6.08 Å². The van der Waals surface area contributed by atoms with Crippen LogP contribution >= 0.6 is 31.9 Å². The lowest BCUT2D eigenvalue weighted by Gasteiger charge is -2.17. The molecule has 20 heavy (non-hydrogen) atoms. The zero-order valence-corrected chi connectivity index (χ0v) is 14.3. The number of methoxy groups -OCH3 is 1. The maximum absolute atomic E-state index is 12.4. The molecule has 0 radical (unpaired) electrons. The van der Waals surface area contributed by atoms with Crippen LogP contribution in [0.2, 0.25) is 0 Å². The molecule has 5 heteroatoms. The highest BCUT2D eigenvalue weighted by Crippen LogP contribution is 2.28. The van der Waals surface area contributed by atoms with E-state index in [2.05, 4.69) is 31.9 Å². The number of halogens is 2. The molecule has 0 spiro atoms. The number of hydrogen-bond acceptors (Lipinski definition) is 3. The largest absolute Gasteiger partial charge is 0.501 e. The molecule has 0 aromatic heterocycles. The van der Waals surface area contributed by atoms with Crippen LogP contribution in [0.1, 0.15) is 23.7 Å². The molecular formula is C15H14Br2O3. The summed E-state index contributed by atoms with van der Waals surface area (Å²) in [5.41, 5.74) is 0.521. The molecule has 3 nitrogen and oxygen atoms in total. The van der Waals surface area contributed by atoms with Gasteiger partial charge in [0.1, 0.15) is 17.6 Å². The number of benzene rings is 1. The van der Waals surface area contributed by atoms with Gasteiger partial charge in [0, 0.05) is 21.5 Å². The minimum atomic E-state index is -0.145. The summed E-state index contributed by atoms with van der Waals surface area (Å²) in [5.74, 6) is 1.04. The molecule has 1 aromatic carbocycles. The van der Waals surface area contributed by atoms with Crippen molar-refractivity contribution in [1.82, 2.24) is 0 Å². The second-order valence-electron chi connectivity index (χ2n) is 4.43. The molecular weight excluding hydrogens is 388 g/mol. The van der Waals surface area contributed by atoms with E-state index < -0.39 is 0 Å². The van der Waals surface area contributed by atoms with E-state index in [0.29, 0.717) is 23.5 Å². The summed E-state index contributed by atoms with van der Waals surface area (Å²) in [6.07, 6.45) is 3.83. The standard InChI is InChI=1S/C15H14Br2O3/c1-9-5-11(17)6-12(19-2)8-14(18)13-7-10(16)3-4-15(13)20-9/h3-5,7-9H,6H2,1-2H3/b11-5?,12-8-. The molecule has 2 rings (SSSR count). The molecule has 1 aliphatic heterocycles. The van der Waals surface area contributed by atoms with Gasteiger partial charge in [0.05, 0.1) is 12.7 Å². The average Bonchev–Trinajstić information content (AvgIpc) is 2.38. The minimum Gasteiger partial charge on any atom is -0.501 e. The molecule has 0 bridgehead atoms. The van der Waals surface area contributed by atoms with Gasteiger partial charge in [-0.25, -0.2) is 0 Å². The van der Waals surface area contributed by atoms with Gasteiger partial charge in [-0.1, -0.05) is 31.9 Å². The van der Waals surface area contributed by atoms with E-state index in [9.17, 15) is 4.79 Å². The van der Waals surface area contributed by atoms with Gasteiger partial charge in [-0.3, -0.25) is 4.79 Å². The first-order chi connectivity index (χ1) is 9.49. The Hall–Kier alpha value is -1.07. The first kappa shape index (κ1) is 15.3. The lowest BCUT2D eigenvalue weighted by molar-refractivity contribution is 0.103. The van der Waals surface area contributed by atoms with Gasteiger partial charge < -0.3 is 9.47 Å². The Morgan fingerprint density at radius 2 is 2.10 bits per heavy atom. The van der Waals surface area contributed by atoms with Crippen molar-refractivity contribution >= 4 is 37.6 Å². The van der Waals surface area contributed by atoms with Gasteiger partial charge in [0.15, 0.2) is 5.78 Å². The van der Waals surface area contributed by atoms with Crippen molar-refractivity contribution in [3.05, 3.63) is 50.6 Å². The van der Waals surface area contributed by atoms with E-state index in [0.717, 1.165) is 8.96 Å². The molecule has 1 aliphatic rings. The van der Waals surface area contributed by atoms with Crippen LogP contribution in [0, 0.1) is 0 Å². The predicted octanol–water partition coefficient (Wildman–Crippen LogP) is 4.61. The van der Waals surface area contributed by atoms with E-state index in [4.69, 9.17) is 9.47 Å². The van der Waals surface area contributed by atoms with Gasteiger partial charge in [0.25, 0.3) is 0 Å². The van der Waals surface area contributed by atoms with Crippen LogP contribution in [0.25, 0.3) is 0 Å². The number of rotatable bonds is 1. The Kier molecular flexibility index (Phi) is 5.05. The lowest BCUT2D eigenvalue weighted by atomic mass is 10.1. The van der Waals surface area contributed by atoms with Crippen LogP contribution in [0.3, 0.4) is 0 Å². The van der Waals surface area contributed by atoms with Crippen molar-refractivity contribution in [3.8, 4) is 5.75 Å². The normalized spacial score (nSPS) is 22.0. The zero-order chi connectivity index (χ0) is 14.7. The maximum Gasteiger partial charge on any atom is 0.192 e. The Bertz CT molecular complexity index is 591. The molecule has 0 N–H and O–H groups in total. The first-order valence-electron chi connectivity index (χ1n) is 6.11. The third-order valence-corrected chi connectivity index (χ3v) is 3.87. The fourth-order valence-electron chi connectivity index (χ4n) is 1.92. The summed E-state index contributed by atoms with van der Waals surface area (Å²) in [7, 11) is 1.56. The predicted molar refractivity (Wildman–Crippen MR) is 85.3 cm³/mol. The molecule has 1 atom stereocenters. The molecule has 106 valence electrons. The number of fused-ring (bicyclic) bond motifs is 1. The highest BCUT2D eigenvalue weighted by atomic mass is 79.9. The van der Waals surface area contributed by atoms with Crippen LogP contribution in [0.5, 0.6) is 5.75 Å². The number of hydrogen-bond donors (Lipinski definition) is 0. The number of carbonyl (C=O) groups excluding carboxylic acids is 1. The van der Waals surface area contributed by atoms with Gasteiger partial charge in [-0.2, -0.15) is 0 Å². The highest BCUT2D eigenvalue weighted by Gasteiger charge is 2.17. The quantitative estimate of drug-likeness (QED) is 0.689. The lowest BCUT2D eigenvalue weighted by Crippen LogP contribution is -2.13. The van der Waals surface area contributed by atoms with Gasteiger partial charge in [-0.15, -0.1) is 0 Å². The summed E-state index contributed by atoms with van der Waals surface area (Å²) in [5, 5.41) is 0. The van der Waals surface area contributed by atoms with Crippen LogP contribution in [0.15, 0.2) is 45.1 Å². The summed E-state index contributed by atoms with van der Waals surface area (Å²) < 4.78 is 12.8. The summed E-state index contributed by atoms with van der Waals surface area (Å²) in [6.45, 7) is 1.93. The highest BCUT2D eigenvalue weighted by molar-refractivity contribution is 9.11. The molecule has 1 aromatic rings. The topological polar surface area (TPSA) is 35.5 Å². The van der Waals surface area contributed by atoms with E-state index in [1.807, 2.05) is 19.1 Å². The second kappa shape index (κ2) is 6.59. The van der Waals surface area contributed by atoms with Crippen molar-refractivity contribution in [2.24, 2.45) is 0 Å². The molecule has 0 saturated carbocycles. The molecule has 1 heterocycles. The van der Waals surface area contributed by atoms with E-state index >= 15 is 0 Å². The number of ether oxygens (including phenoxy) is 2. The van der Waals surface area contributed by atoms with Crippen molar-refractivity contribution in [2.45, 2.75) is 19.4 Å². The third-order valence-electron chi connectivity index (χ3n) is 2.83. The van der Waals surface area contributed by atoms with Crippen LogP contribution in [0.4, 0.5) is 0 Å². The fraction of sp³-hybridized carbons (Fsp3) is 0.267. The number of allylic oxidation sites excluding steroid dienone is 2. The van der Waals surface area contributed by atoms with Crippen molar-refractivity contribution in [3.63, 3.8) is 0 Å². The Balaban J connectivity index is 2.53. The summed E-state index contributed by atoms with van der Waals surface area (Å²) in [6, 6.07) is 5.40. The smallest absolute Gasteiger partial charge is 0.192 e. The summed E-state index contributed by atoms with van der Waals surface area (Å²) >= 11 is 6.84. The molecule has 0 saturated heterocycles. The van der Waals surface area contributed by atoms with Crippen LogP contribution in [-0.4, -0.2) is 19.0 Å². The van der Waals surface area contributed by atoms with Crippen molar-refractivity contribution in [2.75, 3.05) is 7.11 Å². The van der Waals surface area contributed by atoms with E-state index in [1.54, 1.807) is 19.2 Å². The number of carbonyl (C=O) groups is 1. The maximum atomic E-state index is 12.4. The minimum absolute atomic E-state index is 0.132. The molecule has 0 aliphatic carbocycles.